The van der Waals surface area contributed by atoms with Crippen LogP contribution < -0.4 is 0 Å². The van der Waals surface area contributed by atoms with Gasteiger partial charge in [0.05, 0.1) is 6.42 Å². The van der Waals surface area contributed by atoms with E-state index in [0.29, 0.717) is 0 Å². The molecule has 10 nitrogen and oxygen atoms in total. The quantitative estimate of drug-likeness (QED) is 0.196. The molecule has 1 unspecified atom stereocenters. The van der Waals surface area contributed by atoms with Gasteiger partial charge in [0.25, 0.3) is 5.91 Å². The number of alkyl halides is 2. The Morgan fingerprint density at radius 2 is 1.28 bits per heavy atom. The lowest BCUT2D eigenvalue weighted by molar-refractivity contribution is -0.139. The molecule has 0 saturated carbocycles. The van der Waals surface area contributed by atoms with Crippen LogP contribution in [0.2, 0.25) is 0 Å². The van der Waals surface area contributed by atoms with Crippen molar-refractivity contribution in [1.82, 2.24) is 9.80 Å². The zero-order valence-electron chi connectivity index (χ0n) is 22.7. The first-order valence-corrected chi connectivity index (χ1v) is 14.2. The molecule has 0 bridgehead atoms. The van der Waals surface area contributed by atoms with E-state index in [1.807, 2.05) is 13.8 Å². The van der Waals surface area contributed by atoms with Gasteiger partial charge >= 0.3 is 12.2 Å². The topological polar surface area (TPSA) is 127 Å². The number of hydrogen-bond donors (Lipinski definition) is 0. The molecule has 2 saturated heterocycles. The Labute approximate surface area is 236 Å². The number of amides is 4. The van der Waals surface area contributed by atoms with Crippen molar-refractivity contribution in [1.29, 1.82) is 0 Å². The summed E-state index contributed by atoms with van der Waals surface area (Å²) in [5, 5.41) is 0. The molecule has 2 aliphatic rings. The molecule has 208 valence electrons. The van der Waals surface area contributed by atoms with Gasteiger partial charge < -0.3 is 9.47 Å². The number of piperidine rings is 2. The van der Waals surface area contributed by atoms with Crippen molar-refractivity contribution in [2.75, 3.05) is 17.5 Å². The third kappa shape index (κ3) is 14.9. The van der Waals surface area contributed by atoms with E-state index >= 15 is 0 Å². The summed E-state index contributed by atoms with van der Waals surface area (Å²) in [7, 11) is 0. The maximum Gasteiger partial charge on any atom is 0.417 e. The first kappa shape index (κ1) is 36.6. The smallest absolute Gasteiger partial charge is 0.417 e. The molecule has 4 amide bonds. The zero-order valence-corrected chi connectivity index (χ0v) is 26.5. The standard InChI is InChI=1S/C10H14BrNO4.C10H15NO4.C2H5I.C2H6/c1-10(2,3)16-9(15)12-5-4-6(13)7(11)8(12)14;1-10(2,3)15-9(14)11-5-4-7(12)6-8(11)13;1-2-3;1-2/h7H,4-5H2,1-3H3;4-6H2,1-3H3;2H2,1H3;1-2H3. The molecule has 12 heteroatoms. The van der Waals surface area contributed by atoms with Crippen molar-refractivity contribution < 1.29 is 38.2 Å². The highest BCUT2D eigenvalue weighted by Crippen LogP contribution is 2.19. The normalized spacial score (nSPS) is 18.0. The number of likely N-dealkylation sites (tertiary alicyclic amines) is 2. The van der Waals surface area contributed by atoms with Gasteiger partial charge in [-0.05, 0) is 46.0 Å². The highest BCUT2D eigenvalue weighted by atomic mass is 127. The molecular formula is C24H40BrIN2O8. The van der Waals surface area contributed by atoms with Crippen LogP contribution in [0.4, 0.5) is 9.59 Å². The van der Waals surface area contributed by atoms with Crippen LogP contribution >= 0.6 is 38.5 Å². The fourth-order valence-electron chi connectivity index (χ4n) is 2.46. The van der Waals surface area contributed by atoms with E-state index in [9.17, 15) is 28.8 Å². The van der Waals surface area contributed by atoms with Gasteiger partial charge in [0, 0.05) is 25.9 Å². The summed E-state index contributed by atoms with van der Waals surface area (Å²) in [6, 6.07) is 0. The molecule has 0 spiro atoms. The second-order valence-electron chi connectivity index (χ2n) is 9.31. The number of rotatable bonds is 0. The molecule has 0 aromatic rings. The summed E-state index contributed by atoms with van der Waals surface area (Å²) in [5.74, 6) is -1.35. The average Bonchev–Trinajstić information content (AvgIpc) is 2.72. The van der Waals surface area contributed by atoms with Crippen molar-refractivity contribution in [3.05, 3.63) is 0 Å². The van der Waals surface area contributed by atoms with Crippen LogP contribution in [0.3, 0.4) is 0 Å². The molecule has 2 rings (SSSR count). The number of ether oxygens (including phenoxy) is 2. The van der Waals surface area contributed by atoms with Gasteiger partial charge in [0.2, 0.25) is 5.91 Å². The van der Waals surface area contributed by atoms with Crippen LogP contribution in [0.15, 0.2) is 0 Å². The number of ketones is 2. The van der Waals surface area contributed by atoms with Crippen molar-refractivity contribution in [3.8, 4) is 0 Å². The Bertz CT molecular complexity index is 790. The summed E-state index contributed by atoms with van der Waals surface area (Å²) < 4.78 is 11.3. The van der Waals surface area contributed by atoms with Crippen molar-refractivity contribution in [2.24, 2.45) is 0 Å². The molecule has 1 atom stereocenters. The van der Waals surface area contributed by atoms with Gasteiger partial charge in [0.15, 0.2) is 10.6 Å². The Hall–Kier alpha value is -1.57. The number of nitrogens with zero attached hydrogens (tertiary/aromatic N) is 2. The third-order valence-corrected chi connectivity index (χ3v) is 4.74. The summed E-state index contributed by atoms with van der Waals surface area (Å²) >= 11 is 5.25. The molecule has 2 aliphatic heterocycles. The third-order valence-electron chi connectivity index (χ3n) is 3.84. The number of Topliss-reactive ketones (excluding diaryl/α,β-unsaturated/α-hetero) is 2. The molecule has 36 heavy (non-hydrogen) atoms. The van der Waals surface area contributed by atoms with E-state index < -0.39 is 40.0 Å². The average molecular weight is 691 g/mol. The van der Waals surface area contributed by atoms with Crippen molar-refractivity contribution in [3.63, 3.8) is 0 Å². The van der Waals surface area contributed by atoms with E-state index in [-0.39, 0.29) is 43.9 Å². The van der Waals surface area contributed by atoms with Crippen molar-refractivity contribution >= 4 is 74.1 Å². The lowest BCUT2D eigenvalue weighted by atomic mass is 10.1. The molecular weight excluding hydrogens is 651 g/mol. The Morgan fingerprint density at radius 3 is 1.67 bits per heavy atom. The number of carbonyl (C=O) groups excluding carboxylic acids is 6. The molecule has 0 radical (unpaired) electrons. The van der Waals surface area contributed by atoms with Crippen LogP contribution in [0.1, 0.15) is 81.6 Å². The largest absolute Gasteiger partial charge is 0.443 e. The van der Waals surface area contributed by atoms with Gasteiger partial charge in [-0.3, -0.25) is 19.2 Å². The van der Waals surface area contributed by atoms with E-state index in [1.165, 1.54) is 4.43 Å². The second kappa shape index (κ2) is 17.0. The Kier molecular flexibility index (Phi) is 17.3. The molecule has 0 N–H and O–H groups in total. The van der Waals surface area contributed by atoms with Crippen molar-refractivity contribution in [2.45, 2.75) is 97.6 Å². The van der Waals surface area contributed by atoms with Crippen LogP contribution in [0.5, 0.6) is 0 Å². The first-order valence-electron chi connectivity index (χ1n) is 11.8. The van der Waals surface area contributed by atoms with E-state index in [4.69, 9.17) is 9.47 Å². The lowest BCUT2D eigenvalue weighted by Gasteiger charge is -2.29. The minimum absolute atomic E-state index is 0.0919. The monoisotopic (exact) mass is 690 g/mol. The zero-order chi connectivity index (χ0) is 28.9. The lowest BCUT2D eigenvalue weighted by Crippen LogP contribution is -2.50. The summed E-state index contributed by atoms with van der Waals surface area (Å²) in [6.45, 7) is 16.7. The fraction of sp³-hybridized carbons (Fsp3) is 0.750. The van der Waals surface area contributed by atoms with E-state index in [1.54, 1.807) is 41.5 Å². The number of imide groups is 2. The summed E-state index contributed by atoms with van der Waals surface area (Å²) in [6.07, 6.45) is -1.17. The van der Waals surface area contributed by atoms with E-state index in [2.05, 4.69) is 45.4 Å². The van der Waals surface area contributed by atoms with Gasteiger partial charge in [-0.15, -0.1) is 0 Å². The molecule has 0 aromatic heterocycles. The van der Waals surface area contributed by atoms with E-state index in [0.717, 1.165) is 9.80 Å². The van der Waals surface area contributed by atoms with Gasteiger partial charge in [-0.25, -0.2) is 19.4 Å². The van der Waals surface area contributed by atoms with Crippen LogP contribution in [-0.2, 0) is 28.7 Å². The maximum absolute atomic E-state index is 11.6. The predicted molar refractivity (Wildman–Crippen MR) is 148 cm³/mol. The molecule has 0 aliphatic carbocycles. The highest BCUT2D eigenvalue weighted by molar-refractivity contribution is 14.1. The number of halogens is 2. The van der Waals surface area contributed by atoms with Gasteiger partial charge in [0.1, 0.15) is 17.0 Å². The number of carbonyl (C=O) groups is 6. The maximum atomic E-state index is 11.6. The van der Waals surface area contributed by atoms with Gasteiger partial charge in [-0.1, -0.05) is 59.3 Å². The van der Waals surface area contributed by atoms with Crippen LogP contribution in [-0.4, -0.2) is 78.9 Å². The molecule has 0 aromatic carbocycles. The molecule has 2 heterocycles. The highest BCUT2D eigenvalue weighted by Gasteiger charge is 2.38. The fourth-order valence-corrected chi connectivity index (χ4v) is 2.93. The Morgan fingerprint density at radius 1 is 0.889 bits per heavy atom. The predicted octanol–water partition coefficient (Wildman–Crippen LogP) is 5.07. The minimum atomic E-state index is -0.922. The van der Waals surface area contributed by atoms with Crippen LogP contribution in [0.25, 0.3) is 0 Å². The minimum Gasteiger partial charge on any atom is -0.443 e. The Balaban J connectivity index is 0. The first-order chi connectivity index (χ1) is 16.4. The molecule has 2 fully saturated rings. The van der Waals surface area contributed by atoms with Crippen LogP contribution in [0, 0.1) is 0 Å². The second-order valence-corrected chi connectivity index (χ2v) is 11.7. The number of hydrogen-bond acceptors (Lipinski definition) is 8. The summed E-state index contributed by atoms with van der Waals surface area (Å²) in [5.41, 5.74) is -1.28. The SMILES string of the molecule is CC.CC(C)(C)OC(=O)N1CCC(=O)C(Br)C1=O.CC(C)(C)OC(=O)N1CCC(=O)CC1=O.CCI. The van der Waals surface area contributed by atoms with Gasteiger partial charge in [-0.2, -0.15) is 0 Å². The summed E-state index contributed by atoms with van der Waals surface area (Å²) in [4.78, 5) is 69.3.